The molecule has 2 rings (SSSR count). The zero-order valence-electron chi connectivity index (χ0n) is 13.8. The van der Waals surface area contributed by atoms with Crippen LogP contribution < -0.4 is 20.5 Å². The molecular weight excluding hydrogens is 346 g/mol. The summed E-state index contributed by atoms with van der Waals surface area (Å²) in [4.78, 5) is 27.3. The molecule has 7 nitrogen and oxygen atoms in total. The zero-order valence-corrected chi connectivity index (χ0v) is 14.5. The topological polar surface area (TPSA) is 104 Å². The van der Waals surface area contributed by atoms with E-state index in [0.717, 1.165) is 5.56 Å². The van der Waals surface area contributed by atoms with E-state index in [9.17, 15) is 9.59 Å². The molecule has 8 heteroatoms. The number of methoxy groups -OCH3 is 1. The molecule has 0 radical (unpaired) electrons. The summed E-state index contributed by atoms with van der Waals surface area (Å²) < 4.78 is 10.4. The van der Waals surface area contributed by atoms with Gasteiger partial charge in [-0.15, -0.1) is 0 Å². The van der Waals surface area contributed by atoms with E-state index >= 15 is 0 Å². The minimum absolute atomic E-state index is 0.141. The van der Waals surface area contributed by atoms with Gasteiger partial charge in [0, 0.05) is 18.0 Å². The molecule has 0 spiro atoms. The summed E-state index contributed by atoms with van der Waals surface area (Å²) in [7, 11) is 1.41. The first-order valence-corrected chi connectivity index (χ1v) is 7.79. The van der Waals surface area contributed by atoms with Gasteiger partial charge in [0.15, 0.2) is 18.1 Å². The average molecular weight is 364 g/mol. The quantitative estimate of drug-likeness (QED) is 0.784. The lowest BCUT2D eigenvalue weighted by Crippen LogP contribution is -2.26. The number of ether oxygens (including phenoxy) is 2. The van der Waals surface area contributed by atoms with Crippen LogP contribution in [0.15, 0.2) is 36.7 Å². The van der Waals surface area contributed by atoms with Crippen LogP contribution in [0, 0.1) is 0 Å². The number of hydrogen-bond acceptors (Lipinski definition) is 5. The van der Waals surface area contributed by atoms with Gasteiger partial charge in [-0.05, 0) is 36.8 Å². The Hall–Kier alpha value is -2.80. The van der Waals surface area contributed by atoms with Crippen LogP contribution >= 0.6 is 11.6 Å². The second-order valence-electron chi connectivity index (χ2n) is 5.22. The highest BCUT2D eigenvalue weighted by molar-refractivity contribution is 6.32. The zero-order chi connectivity index (χ0) is 18.4. The largest absolute Gasteiger partial charge is 0.493 e. The molecule has 1 atom stereocenters. The van der Waals surface area contributed by atoms with Gasteiger partial charge >= 0.3 is 0 Å². The standard InChI is InChI=1S/C17H18ClN3O4/c1-10(11-3-5-20-6-4-11)21-17(23)12-7-13(18)16(14(8-12)24-2)25-9-15(19)22/h3-8,10H,9H2,1-2H3,(H2,19,22)(H,21,23)/t10-/m1/s1. The fourth-order valence-electron chi connectivity index (χ4n) is 2.15. The molecule has 1 aromatic carbocycles. The SMILES string of the molecule is COc1cc(C(=O)N[C@H](C)c2ccncc2)cc(Cl)c1OCC(N)=O. The highest BCUT2D eigenvalue weighted by Crippen LogP contribution is 2.36. The van der Waals surface area contributed by atoms with Crippen molar-refractivity contribution < 1.29 is 19.1 Å². The Morgan fingerprint density at radius 3 is 2.60 bits per heavy atom. The number of rotatable bonds is 7. The number of carbonyl (C=O) groups excluding carboxylic acids is 2. The number of primary amides is 1. The smallest absolute Gasteiger partial charge is 0.255 e. The minimum atomic E-state index is -0.647. The molecule has 0 fully saturated rings. The fourth-order valence-corrected chi connectivity index (χ4v) is 2.41. The average Bonchev–Trinajstić information content (AvgIpc) is 2.60. The van der Waals surface area contributed by atoms with Crippen molar-refractivity contribution in [2.75, 3.05) is 13.7 Å². The van der Waals surface area contributed by atoms with E-state index in [0.29, 0.717) is 5.56 Å². The molecule has 132 valence electrons. The number of nitrogens with zero attached hydrogens (tertiary/aromatic N) is 1. The Balaban J connectivity index is 2.19. The summed E-state index contributed by atoms with van der Waals surface area (Å²) >= 11 is 6.15. The van der Waals surface area contributed by atoms with Crippen molar-refractivity contribution >= 4 is 23.4 Å². The molecule has 25 heavy (non-hydrogen) atoms. The maximum absolute atomic E-state index is 12.5. The van der Waals surface area contributed by atoms with E-state index in [1.54, 1.807) is 12.4 Å². The fraction of sp³-hybridized carbons (Fsp3) is 0.235. The van der Waals surface area contributed by atoms with Gasteiger partial charge in [-0.1, -0.05) is 11.6 Å². The van der Waals surface area contributed by atoms with Gasteiger partial charge in [0.25, 0.3) is 11.8 Å². The molecule has 2 amide bonds. The van der Waals surface area contributed by atoms with E-state index < -0.39 is 5.91 Å². The highest BCUT2D eigenvalue weighted by atomic mass is 35.5. The van der Waals surface area contributed by atoms with Crippen molar-refractivity contribution in [1.82, 2.24) is 10.3 Å². The summed E-state index contributed by atoms with van der Waals surface area (Å²) in [5.74, 6) is -0.589. The third-order valence-corrected chi connectivity index (χ3v) is 3.68. The van der Waals surface area contributed by atoms with Gasteiger partial charge in [-0.25, -0.2) is 0 Å². The second-order valence-corrected chi connectivity index (χ2v) is 5.63. The van der Waals surface area contributed by atoms with Gasteiger partial charge in [-0.3, -0.25) is 14.6 Å². The van der Waals surface area contributed by atoms with Crippen LogP contribution in [0.5, 0.6) is 11.5 Å². The highest BCUT2D eigenvalue weighted by Gasteiger charge is 2.18. The van der Waals surface area contributed by atoms with Crippen molar-refractivity contribution in [3.63, 3.8) is 0 Å². The van der Waals surface area contributed by atoms with Crippen molar-refractivity contribution in [3.05, 3.63) is 52.8 Å². The molecule has 0 saturated carbocycles. The van der Waals surface area contributed by atoms with Crippen LogP contribution in [0.1, 0.15) is 28.9 Å². The summed E-state index contributed by atoms with van der Waals surface area (Å²) in [6, 6.07) is 6.34. The van der Waals surface area contributed by atoms with Gasteiger partial charge in [-0.2, -0.15) is 0 Å². The molecular formula is C17H18ClN3O4. The van der Waals surface area contributed by atoms with E-state index in [2.05, 4.69) is 10.3 Å². The van der Waals surface area contributed by atoms with Crippen molar-refractivity contribution in [3.8, 4) is 11.5 Å². The maximum atomic E-state index is 12.5. The third kappa shape index (κ3) is 4.84. The lowest BCUT2D eigenvalue weighted by molar-refractivity contribution is -0.119. The Morgan fingerprint density at radius 1 is 1.32 bits per heavy atom. The molecule has 1 aromatic heterocycles. The normalized spacial score (nSPS) is 11.5. The van der Waals surface area contributed by atoms with Gasteiger partial charge in [0.1, 0.15) is 0 Å². The lowest BCUT2D eigenvalue weighted by atomic mass is 10.1. The molecule has 2 aromatic rings. The first-order chi connectivity index (χ1) is 11.9. The first kappa shape index (κ1) is 18.5. The molecule has 3 N–H and O–H groups in total. The van der Waals surface area contributed by atoms with Crippen LogP contribution in [0.4, 0.5) is 0 Å². The minimum Gasteiger partial charge on any atom is -0.493 e. The number of benzene rings is 1. The summed E-state index contributed by atoms with van der Waals surface area (Å²) in [6.07, 6.45) is 3.31. The van der Waals surface area contributed by atoms with E-state index in [1.165, 1.54) is 19.2 Å². The van der Waals surface area contributed by atoms with Crippen LogP contribution in [0.2, 0.25) is 5.02 Å². The van der Waals surface area contributed by atoms with Crippen LogP contribution in [0.25, 0.3) is 0 Å². The lowest BCUT2D eigenvalue weighted by Gasteiger charge is -2.16. The molecule has 0 unspecified atom stereocenters. The van der Waals surface area contributed by atoms with Gasteiger partial charge < -0.3 is 20.5 Å². The number of carbonyl (C=O) groups is 2. The van der Waals surface area contributed by atoms with E-state index in [1.807, 2.05) is 19.1 Å². The molecule has 0 saturated heterocycles. The van der Waals surface area contributed by atoms with Crippen LogP contribution in [-0.2, 0) is 4.79 Å². The number of pyridine rings is 1. The summed E-state index contributed by atoms with van der Waals surface area (Å²) in [5, 5.41) is 3.01. The molecule has 0 bridgehead atoms. The Morgan fingerprint density at radius 2 is 2.00 bits per heavy atom. The predicted octanol–water partition coefficient (Wildman–Crippen LogP) is 2.10. The number of hydrogen-bond donors (Lipinski definition) is 2. The molecule has 0 aliphatic rings. The van der Waals surface area contributed by atoms with E-state index in [-0.39, 0.29) is 35.1 Å². The van der Waals surface area contributed by atoms with Crippen molar-refractivity contribution in [2.45, 2.75) is 13.0 Å². The number of halogens is 1. The first-order valence-electron chi connectivity index (χ1n) is 7.41. The Bertz CT molecular complexity index is 768. The Kier molecular flexibility index (Phi) is 6.19. The second kappa shape index (κ2) is 8.34. The van der Waals surface area contributed by atoms with Crippen molar-refractivity contribution in [1.29, 1.82) is 0 Å². The number of nitrogens with one attached hydrogen (secondary N) is 1. The summed E-state index contributed by atoms with van der Waals surface area (Å²) in [5.41, 5.74) is 6.27. The number of nitrogens with two attached hydrogens (primary N) is 1. The number of amides is 2. The molecule has 1 heterocycles. The molecule has 0 aliphatic heterocycles. The Labute approximate surface area is 150 Å². The third-order valence-electron chi connectivity index (χ3n) is 3.40. The van der Waals surface area contributed by atoms with Crippen LogP contribution in [-0.4, -0.2) is 30.5 Å². The number of aromatic nitrogens is 1. The molecule has 0 aliphatic carbocycles. The van der Waals surface area contributed by atoms with Crippen molar-refractivity contribution in [2.24, 2.45) is 5.73 Å². The van der Waals surface area contributed by atoms with E-state index in [4.69, 9.17) is 26.8 Å². The maximum Gasteiger partial charge on any atom is 0.255 e. The van der Waals surface area contributed by atoms with Crippen LogP contribution in [0.3, 0.4) is 0 Å². The predicted molar refractivity (Wildman–Crippen MR) is 92.8 cm³/mol. The van der Waals surface area contributed by atoms with Gasteiger partial charge in [0.05, 0.1) is 18.2 Å². The summed E-state index contributed by atoms with van der Waals surface area (Å²) in [6.45, 7) is 1.51. The van der Waals surface area contributed by atoms with Gasteiger partial charge in [0.2, 0.25) is 0 Å². The monoisotopic (exact) mass is 363 g/mol.